The van der Waals surface area contributed by atoms with Gasteiger partial charge >= 0.3 is 12.2 Å². The van der Waals surface area contributed by atoms with Gasteiger partial charge in [0.25, 0.3) is 0 Å². The Morgan fingerprint density at radius 1 is 1.17 bits per heavy atom. The van der Waals surface area contributed by atoms with Crippen LogP contribution in [0.25, 0.3) is 22.2 Å². The van der Waals surface area contributed by atoms with Gasteiger partial charge in [-0.05, 0) is 37.9 Å². The van der Waals surface area contributed by atoms with Crippen molar-refractivity contribution < 1.29 is 31.4 Å². The number of hydrogen-bond donors (Lipinski definition) is 1. The number of pyridine rings is 1. The maximum Gasteiger partial charge on any atom is 0.418 e. The van der Waals surface area contributed by atoms with Crippen LogP contribution in [0.15, 0.2) is 12.1 Å². The van der Waals surface area contributed by atoms with E-state index in [2.05, 4.69) is 19.9 Å². The molecule has 7 rings (SSSR count). The molecule has 14 heteroatoms. The molecule has 0 unspecified atom stereocenters. The molecule has 0 amide bonds. The number of fused-ring (bicyclic) bond motifs is 3. The number of benzene rings is 1. The molecule has 41 heavy (non-hydrogen) atoms. The van der Waals surface area contributed by atoms with E-state index in [1.165, 1.54) is 0 Å². The molecule has 3 saturated heterocycles. The van der Waals surface area contributed by atoms with Crippen LogP contribution in [-0.4, -0.2) is 70.5 Å². The highest BCUT2D eigenvalue weighted by Crippen LogP contribution is 2.47. The van der Waals surface area contributed by atoms with Gasteiger partial charge in [-0.2, -0.15) is 23.1 Å². The quantitative estimate of drug-likeness (QED) is 0.316. The van der Waals surface area contributed by atoms with Crippen LogP contribution in [0, 0.1) is 5.82 Å². The molecular weight excluding hydrogens is 571 g/mol. The van der Waals surface area contributed by atoms with Crippen LogP contribution in [-0.2, 0) is 6.18 Å². The smallest absolute Gasteiger partial charge is 0.418 e. The molecule has 3 aromatic rings. The number of nitrogen functional groups attached to an aromatic ring is 1. The zero-order chi connectivity index (χ0) is 28.7. The van der Waals surface area contributed by atoms with E-state index in [1.807, 2.05) is 4.90 Å². The third-order valence-electron chi connectivity index (χ3n) is 8.70. The molecule has 8 nitrogen and oxygen atoms in total. The largest absolute Gasteiger partial charge is 0.477 e. The first-order valence-corrected chi connectivity index (χ1v) is 13.9. The average molecular weight is 597 g/mol. The zero-order valence-corrected chi connectivity index (χ0v) is 22.5. The fourth-order valence-electron chi connectivity index (χ4n) is 6.72. The van der Waals surface area contributed by atoms with E-state index in [0.717, 1.165) is 37.9 Å². The lowest BCUT2D eigenvalue weighted by molar-refractivity contribution is -0.137. The summed E-state index contributed by atoms with van der Waals surface area (Å²) in [5.74, 6) is -0.867. The number of hydrogen-bond acceptors (Lipinski definition) is 8. The normalized spacial score (nSPS) is 25.8. The molecule has 4 aliphatic heterocycles. The lowest BCUT2D eigenvalue weighted by atomic mass is 9.95. The van der Waals surface area contributed by atoms with E-state index in [9.17, 15) is 17.6 Å². The highest BCUT2D eigenvalue weighted by Gasteiger charge is 2.49. The SMILES string of the molecule is Nc1cc(Cl)c(C(F)(F)F)c(-c2nc3c4c(nc(OC[C@@]56CCCN5C[C@H](F)C6)nc4c2F)N2CC[C@H]2CCO3)c1. The van der Waals surface area contributed by atoms with Crippen LogP contribution in [0.5, 0.6) is 11.9 Å². The number of rotatable bonds is 4. The average Bonchev–Trinajstić information content (AvgIpc) is 3.39. The molecule has 0 saturated carbocycles. The molecule has 0 radical (unpaired) electrons. The molecule has 0 spiro atoms. The Hall–Kier alpha value is -3.19. The van der Waals surface area contributed by atoms with Gasteiger partial charge in [0, 0.05) is 43.2 Å². The Kier molecular flexibility index (Phi) is 6.13. The first kappa shape index (κ1) is 26.7. The van der Waals surface area contributed by atoms with Gasteiger partial charge < -0.3 is 20.1 Å². The van der Waals surface area contributed by atoms with Crippen molar-refractivity contribution in [3.8, 4) is 23.1 Å². The summed E-state index contributed by atoms with van der Waals surface area (Å²) in [7, 11) is 0. The highest BCUT2D eigenvalue weighted by molar-refractivity contribution is 6.32. The van der Waals surface area contributed by atoms with Crippen molar-refractivity contribution in [2.75, 3.05) is 43.5 Å². The van der Waals surface area contributed by atoms with Gasteiger partial charge in [0.2, 0.25) is 5.88 Å². The monoisotopic (exact) mass is 596 g/mol. The van der Waals surface area contributed by atoms with Crippen molar-refractivity contribution in [2.24, 2.45) is 0 Å². The maximum absolute atomic E-state index is 16.4. The number of ether oxygens (including phenoxy) is 2. The van der Waals surface area contributed by atoms with Crippen molar-refractivity contribution in [2.45, 2.75) is 56.0 Å². The fourth-order valence-corrected chi connectivity index (χ4v) is 7.06. The third kappa shape index (κ3) is 4.30. The van der Waals surface area contributed by atoms with Crippen molar-refractivity contribution in [3.63, 3.8) is 0 Å². The molecule has 4 aliphatic rings. The van der Waals surface area contributed by atoms with Gasteiger partial charge in [-0.25, -0.2) is 13.8 Å². The van der Waals surface area contributed by atoms with Gasteiger partial charge in [-0.1, -0.05) is 11.6 Å². The van der Waals surface area contributed by atoms with E-state index in [-0.39, 0.29) is 47.7 Å². The predicted molar refractivity (Wildman–Crippen MR) is 142 cm³/mol. The second-order valence-corrected chi connectivity index (χ2v) is 11.6. The third-order valence-corrected chi connectivity index (χ3v) is 9.00. The van der Waals surface area contributed by atoms with Gasteiger partial charge in [-0.3, -0.25) is 4.90 Å². The van der Waals surface area contributed by atoms with Crippen molar-refractivity contribution in [3.05, 3.63) is 28.5 Å². The molecule has 1 aromatic carbocycles. The number of alkyl halides is 4. The van der Waals surface area contributed by atoms with Crippen molar-refractivity contribution >= 4 is 34.0 Å². The van der Waals surface area contributed by atoms with Crippen LogP contribution in [0.2, 0.25) is 5.02 Å². The Bertz CT molecular complexity index is 1560. The summed E-state index contributed by atoms with van der Waals surface area (Å²) in [5.41, 5.74) is 2.38. The molecule has 218 valence electrons. The van der Waals surface area contributed by atoms with Crippen molar-refractivity contribution in [1.29, 1.82) is 0 Å². The van der Waals surface area contributed by atoms with E-state index in [1.54, 1.807) is 0 Å². The maximum atomic E-state index is 16.4. The van der Waals surface area contributed by atoms with Gasteiger partial charge in [0.15, 0.2) is 5.82 Å². The topological polar surface area (TPSA) is 89.6 Å². The van der Waals surface area contributed by atoms with Crippen LogP contribution >= 0.6 is 11.6 Å². The fraction of sp³-hybridized carbons (Fsp3) is 0.519. The first-order chi connectivity index (χ1) is 19.5. The summed E-state index contributed by atoms with van der Waals surface area (Å²) in [6.07, 6.45) is -2.43. The minimum absolute atomic E-state index is 0.0902. The summed E-state index contributed by atoms with van der Waals surface area (Å²) in [6.45, 7) is 2.06. The molecule has 0 aliphatic carbocycles. The number of anilines is 2. The summed E-state index contributed by atoms with van der Waals surface area (Å²) in [6, 6.07) is 1.88. The number of nitrogens with zero attached hydrogens (tertiary/aromatic N) is 5. The highest BCUT2D eigenvalue weighted by atomic mass is 35.5. The van der Waals surface area contributed by atoms with Crippen LogP contribution in [0.1, 0.15) is 37.7 Å². The Morgan fingerprint density at radius 2 is 2.00 bits per heavy atom. The van der Waals surface area contributed by atoms with Crippen LogP contribution < -0.4 is 20.1 Å². The van der Waals surface area contributed by atoms with Gasteiger partial charge in [-0.15, -0.1) is 0 Å². The van der Waals surface area contributed by atoms with Crippen LogP contribution in [0.3, 0.4) is 0 Å². The first-order valence-electron chi connectivity index (χ1n) is 13.5. The second-order valence-electron chi connectivity index (χ2n) is 11.2. The second kappa shape index (κ2) is 9.41. The molecule has 0 bridgehead atoms. The number of halogens is 6. The summed E-state index contributed by atoms with van der Waals surface area (Å²) < 4.78 is 84.9. The molecule has 3 atom stereocenters. The Balaban J connectivity index is 1.40. The van der Waals surface area contributed by atoms with Crippen molar-refractivity contribution in [1.82, 2.24) is 19.9 Å². The van der Waals surface area contributed by atoms with Gasteiger partial charge in [0.1, 0.15) is 35.2 Å². The van der Waals surface area contributed by atoms with E-state index in [4.69, 9.17) is 26.8 Å². The van der Waals surface area contributed by atoms with Crippen LogP contribution in [0.4, 0.5) is 33.5 Å². The summed E-state index contributed by atoms with van der Waals surface area (Å²) in [4.78, 5) is 17.2. The Morgan fingerprint density at radius 3 is 2.76 bits per heavy atom. The predicted octanol–water partition coefficient (Wildman–Crippen LogP) is 5.40. The summed E-state index contributed by atoms with van der Waals surface area (Å²) >= 11 is 5.96. The number of nitrogens with two attached hydrogens (primary N) is 1. The Labute approximate surface area is 236 Å². The lowest BCUT2D eigenvalue weighted by Gasteiger charge is -2.43. The molecular formula is C27H26ClF5N6O2. The standard InChI is InChI=1S/C27H26ClF5N6O2/c28-17-9-14(34)8-16(19(17)27(31,32)33)21-20(30)22-18-23(39-6-2-15(39)3-7-40-24(18)35-21)37-25(36-22)41-12-26-4-1-5-38(26)11-13(29)10-26/h8-9,13,15H,1-7,10-12,34H2/t13-,15+,26+/m1/s1. The lowest BCUT2D eigenvalue weighted by Crippen LogP contribution is -2.49. The molecule has 2 N–H and O–H groups in total. The minimum atomic E-state index is -4.92. The van der Waals surface area contributed by atoms with E-state index < -0.39 is 45.5 Å². The number of aromatic nitrogens is 3. The van der Waals surface area contributed by atoms with E-state index >= 15 is 4.39 Å². The zero-order valence-electron chi connectivity index (χ0n) is 21.8. The summed E-state index contributed by atoms with van der Waals surface area (Å²) in [5, 5.41) is -0.534. The minimum Gasteiger partial charge on any atom is -0.477 e. The molecule has 2 aromatic heterocycles. The van der Waals surface area contributed by atoms with Gasteiger partial charge in [0.05, 0.1) is 22.7 Å². The van der Waals surface area contributed by atoms with E-state index in [0.29, 0.717) is 31.7 Å². The molecule has 6 heterocycles. The molecule has 3 fully saturated rings.